The molecule has 0 bridgehead atoms. The lowest BCUT2D eigenvalue weighted by Crippen LogP contribution is -2.10. The van der Waals surface area contributed by atoms with Crippen molar-refractivity contribution in [2.24, 2.45) is 0 Å². The van der Waals surface area contributed by atoms with E-state index < -0.39 is 0 Å². The SMILES string of the molecule is C#Cc1ccc(C(C)(C)C)cc1.CC#N.CC(C)(C)c1ccc(-c2cc3ccc(C=O)cc3o2)cc1.O=Cc1ccc(I)c(O)c1. The van der Waals surface area contributed by atoms with Gasteiger partial charge in [0, 0.05) is 34.6 Å². The summed E-state index contributed by atoms with van der Waals surface area (Å²) >= 11 is 1.99. The number of nitriles is 1. The molecule has 0 spiro atoms. The predicted molar refractivity (Wildman–Crippen MR) is 196 cm³/mol. The molecule has 0 radical (unpaired) electrons. The molecule has 1 aromatic heterocycles. The van der Waals surface area contributed by atoms with Crippen molar-refractivity contribution in [3.63, 3.8) is 0 Å². The number of phenolic OH excluding ortho intramolecular Hbond substituents is 1. The minimum atomic E-state index is 0.144. The average molecular weight is 726 g/mol. The molecule has 0 saturated carbocycles. The fraction of sp³-hybridized carbons (Fsp3) is 0.225. The Bertz CT molecular complexity index is 1820. The number of halogens is 1. The van der Waals surface area contributed by atoms with Crippen LogP contribution in [0.2, 0.25) is 0 Å². The number of aromatic hydroxyl groups is 1. The fourth-order valence-electron chi connectivity index (χ4n) is 4.07. The molecule has 0 aliphatic rings. The standard InChI is InChI=1S/C19H18O2.C12H14.C7H5IO2.C2H3N/c1-19(2,3)16-8-6-14(7-9-16)18-11-15-5-4-13(12-20)10-17(15)21-18;1-5-10-6-8-11(9-7-10)12(2,3)4;8-6-2-1-5(4-9)3-7(6)10;1-2-3/h4-12H,1-3H3;1,6-9H,2-4H3;1-4,10H;1H3. The molecule has 1 N–H and O–H groups in total. The molecule has 0 amide bonds. The van der Waals surface area contributed by atoms with E-state index in [1.807, 2.05) is 46.9 Å². The number of carbonyl (C=O) groups excluding carboxylic acids is 2. The van der Waals surface area contributed by atoms with Gasteiger partial charge in [0.05, 0.1) is 9.64 Å². The maximum absolute atomic E-state index is 10.8. The van der Waals surface area contributed by atoms with Crippen molar-refractivity contribution in [3.8, 4) is 35.5 Å². The number of benzene rings is 4. The van der Waals surface area contributed by atoms with E-state index in [2.05, 4.69) is 83.9 Å². The fourth-order valence-corrected chi connectivity index (χ4v) is 4.40. The molecule has 0 fully saturated rings. The van der Waals surface area contributed by atoms with Crippen LogP contribution in [0, 0.1) is 27.2 Å². The van der Waals surface area contributed by atoms with Crippen LogP contribution in [-0.2, 0) is 10.8 Å². The van der Waals surface area contributed by atoms with Gasteiger partial charge in [-0.1, -0.05) is 102 Å². The lowest BCUT2D eigenvalue weighted by molar-refractivity contribution is 0.111. The van der Waals surface area contributed by atoms with Gasteiger partial charge in [-0.05, 0) is 80.9 Å². The van der Waals surface area contributed by atoms with Crippen molar-refractivity contribution in [1.29, 1.82) is 5.26 Å². The maximum Gasteiger partial charge on any atom is 0.150 e. The van der Waals surface area contributed by atoms with Crippen molar-refractivity contribution >= 4 is 46.1 Å². The van der Waals surface area contributed by atoms with Crippen LogP contribution in [0.5, 0.6) is 5.75 Å². The number of carbonyl (C=O) groups is 2. The minimum Gasteiger partial charge on any atom is -0.507 e. The van der Waals surface area contributed by atoms with Crippen LogP contribution in [0.3, 0.4) is 0 Å². The highest BCUT2D eigenvalue weighted by molar-refractivity contribution is 14.1. The van der Waals surface area contributed by atoms with E-state index in [9.17, 15) is 9.59 Å². The van der Waals surface area contributed by atoms with Gasteiger partial charge in [-0.2, -0.15) is 5.26 Å². The third-order valence-electron chi connectivity index (χ3n) is 6.74. The molecule has 4 aromatic carbocycles. The second-order valence-corrected chi connectivity index (χ2v) is 13.5. The number of hydrogen-bond acceptors (Lipinski definition) is 5. The van der Waals surface area contributed by atoms with E-state index in [4.69, 9.17) is 21.2 Å². The number of hydrogen-bond donors (Lipinski definition) is 1. The molecular formula is C40H40INO4. The van der Waals surface area contributed by atoms with Gasteiger partial charge in [0.15, 0.2) is 0 Å². The molecule has 0 atom stereocenters. The lowest BCUT2D eigenvalue weighted by Gasteiger charge is -2.18. The second-order valence-electron chi connectivity index (χ2n) is 12.4. The summed E-state index contributed by atoms with van der Waals surface area (Å²) in [7, 11) is 0. The van der Waals surface area contributed by atoms with Crippen LogP contribution in [0.4, 0.5) is 0 Å². The molecular weight excluding hydrogens is 685 g/mol. The summed E-state index contributed by atoms with van der Waals surface area (Å²) in [5.41, 5.74) is 6.85. The molecule has 46 heavy (non-hydrogen) atoms. The zero-order valence-electron chi connectivity index (χ0n) is 27.4. The Morgan fingerprint density at radius 1 is 0.761 bits per heavy atom. The highest BCUT2D eigenvalue weighted by Crippen LogP contribution is 2.30. The second kappa shape index (κ2) is 17.1. The Balaban J connectivity index is 0.000000250. The van der Waals surface area contributed by atoms with Crippen LogP contribution in [0.25, 0.3) is 22.3 Å². The van der Waals surface area contributed by atoms with Gasteiger partial charge in [-0.3, -0.25) is 9.59 Å². The van der Waals surface area contributed by atoms with Gasteiger partial charge in [-0.15, -0.1) is 6.42 Å². The van der Waals surface area contributed by atoms with E-state index >= 15 is 0 Å². The number of furan rings is 1. The number of nitrogens with zero attached hydrogens (tertiary/aromatic N) is 1. The average Bonchev–Trinajstić information content (AvgIpc) is 3.46. The van der Waals surface area contributed by atoms with Crippen LogP contribution >= 0.6 is 22.6 Å². The Morgan fingerprint density at radius 3 is 1.70 bits per heavy atom. The molecule has 0 saturated heterocycles. The molecule has 5 aromatic rings. The summed E-state index contributed by atoms with van der Waals surface area (Å²) in [5.74, 6) is 3.59. The molecule has 1 heterocycles. The van der Waals surface area contributed by atoms with Gasteiger partial charge in [-0.25, -0.2) is 0 Å². The summed E-state index contributed by atoms with van der Waals surface area (Å²) < 4.78 is 6.62. The molecule has 0 aliphatic heterocycles. The third-order valence-corrected chi connectivity index (χ3v) is 7.65. The highest BCUT2D eigenvalue weighted by Gasteiger charge is 2.14. The predicted octanol–water partition coefficient (Wildman–Crippen LogP) is 10.5. The largest absolute Gasteiger partial charge is 0.507 e. The zero-order valence-corrected chi connectivity index (χ0v) is 29.5. The van der Waals surface area contributed by atoms with Gasteiger partial charge in [0.25, 0.3) is 0 Å². The summed E-state index contributed by atoms with van der Waals surface area (Å²) in [6.07, 6.45) is 6.80. The van der Waals surface area contributed by atoms with Crippen LogP contribution in [-0.4, -0.2) is 17.7 Å². The Labute approximate surface area is 286 Å². The van der Waals surface area contributed by atoms with Crippen molar-refractivity contribution in [3.05, 3.63) is 122 Å². The molecule has 236 valence electrons. The first-order chi connectivity index (χ1) is 21.7. The van der Waals surface area contributed by atoms with E-state index in [1.54, 1.807) is 30.3 Å². The topological polar surface area (TPSA) is 91.3 Å². The van der Waals surface area contributed by atoms with Gasteiger partial charge in [0.1, 0.15) is 29.7 Å². The highest BCUT2D eigenvalue weighted by atomic mass is 127. The van der Waals surface area contributed by atoms with E-state index in [1.165, 1.54) is 24.1 Å². The number of phenols is 1. The third kappa shape index (κ3) is 11.4. The van der Waals surface area contributed by atoms with Crippen molar-refractivity contribution in [2.75, 3.05) is 0 Å². The number of rotatable bonds is 3. The van der Waals surface area contributed by atoms with E-state index in [0.717, 1.165) is 37.7 Å². The number of fused-ring (bicyclic) bond motifs is 1. The van der Waals surface area contributed by atoms with Crippen molar-refractivity contribution < 1.29 is 19.1 Å². The van der Waals surface area contributed by atoms with Gasteiger partial charge >= 0.3 is 0 Å². The zero-order chi connectivity index (χ0) is 34.5. The summed E-state index contributed by atoms with van der Waals surface area (Å²) in [5, 5.41) is 17.4. The lowest BCUT2D eigenvalue weighted by atomic mass is 9.86. The summed E-state index contributed by atoms with van der Waals surface area (Å²) in [4.78, 5) is 21.0. The van der Waals surface area contributed by atoms with E-state index in [-0.39, 0.29) is 16.6 Å². The maximum atomic E-state index is 10.8. The van der Waals surface area contributed by atoms with Gasteiger partial charge in [0.2, 0.25) is 0 Å². The monoisotopic (exact) mass is 725 g/mol. The van der Waals surface area contributed by atoms with Crippen molar-refractivity contribution in [2.45, 2.75) is 59.3 Å². The molecule has 5 nitrogen and oxygen atoms in total. The smallest absolute Gasteiger partial charge is 0.150 e. The van der Waals surface area contributed by atoms with Crippen molar-refractivity contribution in [1.82, 2.24) is 0 Å². The summed E-state index contributed by atoms with van der Waals surface area (Å²) in [6.45, 7) is 14.6. The first-order valence-corrected chi connectivity index (χ1v) is 15.7. The summed E-state index contributed by atoms with van der Waals surface area (Å²) in [6, 6.07) is 30.6. The quantitative estimate of drug-likeness (QED) is 0.114. The normalized spacial score (nSPS) is 10.4. The number of aldehydes is 2. The number of terminal acetylenes is 1. The van der Waals surface area contributed by atoms with Crippen LogP contribution in [0.15, 0.2) is 95.4 Å². The molecule has 5 rings (SSSR count). The van der Waals surface area contributed by atoms with Crippen LogP contribution in [0.1, 0.15) is 85.9 Å². The Hall–Kier alpha value is -4.66. The van der Waals surface area contributed by atoms with E-state index in [0.29, 0.717) is 17.4 Å². The molecule has 0 aliphatic carbocycles. The van der Waals surface area contributed by atoms with Crippen LogP contribution < -0.4 is 0 Å². The first kappa shape index (κ1) is 37.5. The minimum absolute atomic E-state index is 0.144. The molecule has 0 unspecified atom stereocenters. The first-order valence-electron chi connectivity index (χ1n) is 14.6. The Morgan fingerprint density at radius 2 is 1.24 bits per heavy atom. The Kier molecular flexibility index (Phi) is 14.0. The van der Waals surface area contributed by atoms with Gasteiger partial charge < -0.3 is 9.52 Å². The molecule has 6 heteroatoms.